The van der Waals surface area contributed by atoms with Crippen LogP contribution in [0.25, 0.3) is 0 Å². The second-order valence-corrected chi connectivity index (χ2v) is 6.35. The maximum atomic E-state index is 13.1. The van der Waals surface area contributed by atoms with Crippen LogP contribution >= 0.6 is 0 Å². The average Bonchev–Trinajstić information content (AvgIpc) is 2.44. The highest BCUT2D eigenvalue weighted by Crippen LogP contribution is 2.26. The third-order valence-electron chi connectivity index (χ3n) is 2.80. The Morgan fingerprint density at radius 1 is 1.00 bits per heavy atom. The molecule has 0 radical (unpaired) electrons. The molecular weight excluding hydrogens is 357 g/mol. The predicted octanol–water partition coefficient (Wildman–Crippen LogP) is 3.34. The van der Waals surface area contributed by atoms with Gasteiger partial charge in [-0.05, 0) is 18.2 Å². The van der Waals surface area contributed by atoms with E-state index in [1.165, 1.54) is 18.2 Å². The van der Waals surface area contributed by atoms with E-state index in [1.54, 1.807) is 0 Å². The highest BCUT2D eigenvalue weighted by atomic mass is 32.2. The molecule has 0 bridgehead atoms. The van der Waals surface area contributed by atoms with Crippen molar-refractivity contribution >= 4 is 10.0 Å². The van der Waals surface area contributed by atoms with Crippen LogP contribution in [0.5, 0.6) is 5.75 Å². The van der Waals surface area contributed by atoms with Crippen molar-refractivity contribution in [2.75, 3.05) is 0 Å². The number of ether oxygens (including phenoxy) is 1. The van der Waals surface area contributed by atoms with E-state index in [1.807, 2.05) is 4.72 Å². The van der Waals surface area contributed by atoms with Crippen LogP contribution in [-0.4, -0.2) is 14.8 Å². The Balaban J connectivity index is 2.21. The van der Waals surface area contributed by atoms with Crippen molar-refractivity contribution in [3.05, 3.63) is 59.7 Å². The fraction of sp³-hybridized carbons (Fsp3) is 0.143. The van der Waals surface area contributed by atoms with E-state index in [9.17, 15) is 30.4 Å². The lowest BCUT2D eigenvalue weighted by atomic mass is 10.2. The number of hydrogen-bond donors (Lipinski definition) is 1. The first-order chi connectivity index (χ1) is 11.1. The summed E-state index contributed by atoms with van der Waals surface area (Å²) in [5.74, 6) is -2.79. The first-order valence-electron chi connectivity index (χ1n) is 6.36. The van der Waals surface area contributed by atoms with Gasteiger partial charge in [0.05, 0.1) is 4.90 Å². The van der Waals surface area contributed by atoms with Crippen LogP contribution in [-0.2, 0) is 16.6 Å². The van der Waals surface area contributed by atoms with Crippen LogP contribution < -0.4 is 9.46 Å². The molecule has 0 aliphatic rings. The Labute approximate surface area is 133 Å². The molecular formula is C14H10F5NO3S. The molecule has 0 aromatic heterocycles. The SMILES string of the molecule is O=S(=O)(NCc1ccccc1OC(F)(F)F)c1cc(F)cc(F)c1. The van der Waals surface area contributed by atoms with Gasteiger partial charge in [0.1, 0.15) is 17.4 Å². The van der Waals surface area contributed by atoms with Crippen LogP contribution in [0.15, 0.2) is 47.4 Å². The molecule has 2 aromatic rings. The maximum absolute atomic E-state index is 13.1. The maximum Gasteiger partial charge on any atom is 0.573 e. The van der Waals surface area contributed by atoms with Gasteiger partial charge in [0, 0.05) is 18.2 Å². The summed E-state index contributed by atoms with van der Waals surface area (Å²) in [4.78, 5) is -0.686. The number of rotatable bonds is 5. The largest absolute Gasteiger partial charge is 0.573 e. The Hall–Kier alpha value is -2.20. The lowest BCUT2D eigenvalue weighted by molar-refractivity contribution is -0.274. The molecule has 0 amide bonds. The van der Waals surface area contributed by atoms with E-state index >= 15 is 0 Å². The summed E-state index contributed by atoms with van der Waals surface area (Å²) in [5, 5.41) is 0. The van der Waals surface area contributed by atoms with E-state index in [0.717, 1.165) is 6.07 Å². The van der Waals surface area contributed by atoms with Gasteiger partial charge in [0.15, 0.2) is 0 Å². The molecule has 2 aromatic carbocycles. The molecule has 2 rings (SSSR count). The standard InChI is InChI=1S/C14H10F5NO3S/c15-10-5-11(16)7-12(6-10)24(21,22)20-8-9-3-1-2-4-13(9)23-14(17,18)19/h1-7,20H,8H2. The highest BCUT2D eigenvalue weighted by Gasteiger charge is 2.32. The molecule has 0 aliphatic heterocycles. The summed E-state index contributed by atoms with van der Waals surface area (Å²) in [5.41, 5.74) is -0.102. The molecule has 130 valence electrons. The van der Waals surface area contributed by atoms with Crippen molar-refractivity contribution in [1.29, 1.82) is 0 Å². The summed E-state index contributed by atoms with van der Waals surface area (Å²) in [6, 6.07) is 6.56. The minimum absolute atomic E-state index is 0.102. The zero-order valence-electron chi connectivity index (χ0n) is 11.8. The summed E-state index contributed by atoms with van der Waals surface area (Å²) in [7, 11) is -4.33. The summed E-state index contributed by atoms with van der Waals surface area (Å²) < 4.78 is 92.9. The van der Waals surface area contributed by atoms with Crippen LogP contribution in [0.4, 0.5) is 22.0 Å². The number of para-hydroxylation sites is 1. The van der Waals surface area contributed by atoms with Crippen molar-refractivity contribution in [2.45, 2.75) is 17.8 Å². The minimum atomic E-state index is -4.94. The molecule has 10 heteroatoms. The van der Waals surface area contributed by atoms with Gasteiger partial charge >= 0.3 is 6.36 Å². The molecule has 0 aliphatic carbocycles. The first kappa shape index (κ1) is 18.1. The lowest BCUT2D eigenvalue weighted by Crippen LogP contribution is -2.25. The van der Waals surface area contributed by atoms with Crippen molar-refractivity contribution in [3.8, 4) is 5.75 Å². The first-order valence-corrected chi connectivity index (χ1v) is 7.84. The molecule has 0 atom stereocenters. The summed E-state index contributed by atoms with van der Waals surface area (Å²) in [6.07, 6.45) is -4.94. The van der Waals surface area contributed by atoms with Crippen LogP contribution in [0.2, 0.25) is 0 Å². The molecule has 0 saturated heterocycles. The molecule has 0 fully saturated rings. The monoisotopic (exact) mass is 367 g/mol. The summed E-state index contributed by atoms with van der Waals surface area (Å²) in [6.45, 7) is -0.563. The average molecular weight is 367 g/mol. The third kappa shape index (κ3) is 4.90. The number of alkyl halides is 3. The fourth-order valence-electron chi connectivity index (χ4n) is 1.81. The number of halogens is 5. The van der Waals surface area contributed by atoms with E-state index < -0.39 is 45.2 Å². The van der Waals surface area contributed by atoms with Gasteiger partial charge in [0.2, 0.25) is 10.0 Å². The smallest absolute Gasteiger partial charge is 0.405 e. The van der Waals surface area contributed by atoms with Gasteiger partial charge in [-0.2, -0.15) is 0 Å². The van der Waals surface area contributed by atoms with E-state index in [0.29, 0.717) is 18.2 Å². The number of benzene rings is 2. The molecule has 1 N–H and O–H groups in total. The zero-order valence-corrected chi connectivity index (χ0v) is 12.6. The van der Waals surface area contributed by atoms with E-state index in [2.05, 4.69) is 4.74 Å². The normalized spacial score (nSPS) is 12.2. The van der Waals surface area contributed by atoms with Gasteiger partial charge < -0.3 is 4.74 Å². The van der Waals surface area contributed by atoms with Gasteiger partial charge in [-0.1, -0.05) is 18.2 Å². The van der Waals surface area contributed by atoms with Gasteiger partial charge in [-0.25, -0.2) is 21.9 Å². The summed E-state index contributed by atoms with van der Waals surface area (Å²) >= 11 is 0. The fourth-order valence-corrected chi connectivity index (χ4v) is 2.86. The second kappa shape index (κ2) is 6.73. The topological polar surface area (TPSA) is 55.4 Å². The number of nitrogens with one attached hydrogen (secondary N) is 1. The van der Waals surface area contributed by atoms with Crippen LogP contribution in [0, 0.1) is 11.6 Å². The highest BCUT2D eigenvalue weighted by molar-refractivity contribution is 7.89. The molecule has 0 spiro atoms. The Morgan fingerprint density at radius 3 is 2.17 bits per heavy atom. The molecule has 0 saturated carbocycles. The predicted molar refractivity (Wildman–Crippen MR) is 73.5 cm³/mol. The van der Waals surface area contributed by atoms with Gasteiger partial charge in [0.25, 0.3) is 0 Å². The van der Waals surface area contributed by atoms with Crippen LogP contribution in [0.1, 0.15) is 5.56 Å². The quantitative estimate of drug-likeness (QED) is 0.825. The van der Waals surface area contributed by atoms with Crippen molar-refractivity contribution in [3.63, 3.8) is 0 Å². The molecule has 4 nitrogen and oxygen atoms in total. The van der Waals surface area contributed by atoms with Gasteiger partial charge in [-0.15, -0.1) is 13.2 Å². The Morgan fingerprint density at radius 2 is 1.58 bits per heavy atom. The van der Waals surface area contributed by atoms with Crippen molar-refractivity contribution in [2.24, 2.45) is 0 Å². The van der Waals surface area contributed by atoms with Crippen molar-refractivity contribution < 1.29 is 35.1 Å². The molecule has 24 heavy (non-hydrogen) atoms. The lowest BCUT2D eigenvalue weighted by Gasteiger charge is -2.14. The zero-order chi connectivity index (χ0) is 18.0. The number of hydrogen-bond acceptors (Lipinski definition) is 3. The van der Waals surface area contributed by atoms with Crippen LogP contribution in [0.3, 0.4) is 0 Å². The Bertz CT molecular complexity index is 816. The second-order valence-electron chi connectivity index (χ2n) is 4.59. The van der Waals surface area contributed by atoms with E-state index in [4.69, 9.17) is 0 Å². The molecule has 0 unspecified atom stereocenters. The minimum Gasteiger partial charge on any atom is -0.405 e. The molecule has 0 heterocycles. The van der Waals surface area contributed by atoms with E-state index in [-0.39, 0.29) is 5.56 Å². The van der Waals surface area contributed by atoms with Crippen molar-refractivity contribution in [1.82, 2.24) is 4.72 Å². The number of sulfonamides is 1. The van der Waals surface area contributed by atoms with Gasteiger partial charge in [-0.3, -0.25) is 0 Å². The Kier molecular flexibility index (Phi) is 5.09. The third-order valence-corrected chi connectivity index (χ3v) is 4.18.